The van der Waals surface area contributed by atoms with Crippen LogP contribution < -0.4 is 10.6 Å². The van der Waals surface area contributed by atoms with Crippen LogP contribution in [0.3, 0.4) is 0 Å². The van der Waals surface area contributed by atoms with E-state index in [0.717, 1.165) is 42.4 Å². The number of amides is 2. The van der Waals surface area contributed by atoms with Crippen LogP contribution in [-0.4, -0.2) is 72.7 Å². The van der Waals surface area contributed by atoms with E-state index in [2.05, 4.69) is 20.8 Å². The van der Waals surface area contributed by atoms with Gasteiger partial charge in [0.15, 0.2) is 4.34 Å². The number of hydrogen-bond acceptors (Lipinski definition) is 10. The van der Waals surface area contributed by atoms with Crippen molar-refractivity contribution in [2.75, 3.05) is 37.3 Å². The van der Waals surface area contributed by atoms with E-state index in [4.69, 9.17) is 4.74 Å². The summed E-state index contributed by atoms with van der Waals surface area (Å²) in [6, 6.07) is 5.76. The summed E-state index contributed by atoms with van der Waals surface area (Å²) in [5.41, 5.74) is 0.278. The summed E-state index contributed by atoms with van der Waals surface area (Å²) in [6.45, 7) is 2.73. The predicted molar refractivity (Wildman–Crippen MR) is 127 cm³/mol. The Morgan fingerprint density at radius 2 is 1.82 bits per heavy atom. The number of anilines is 1. The Morgan fingerprint density at radius 3 is 2.50 bits per heavy atom. The van der Waals surface area contributed by atoms with Gasteiger partial charge in [0.2, 0.25) is 21.1 Å². The molecule has 1 aliphatic heterocycles. The number of nitrogens with zero attached hydrogens (tertiary/aromatic N) is 3. The van der Waals surface area contributed by atoms with Crippen LogP contribution in [0.5, 0.6) is 0 Å². The van der Waals surface area contributed by atoms with Crippen molar-refractivity contribution in [2.45, 2.75) is 35.4 Å². The van der Waals surface area contributed by atoms with Crippen LogP contribution in [-0.2, 0) is 24.3 Å². The smallest absolute Gasteiger partial charge is 0.325 e. The number of hydrogen-bond donors (Lipinski definition) is 2. The quantitative estimate of drug-likeness (QED) is 0.268. The van der Waals surface area contributed by atoms with Crippen LogP contribution in [0.2, 0.25) is 0 Å². The molecule has 2 aromatic rings. The number of sulfonamides is 1. The van der Waals surface area contributed by atoms with Crippen molar-refractivity contribution in [2.24, 2.45) is 0 Å². The summed E-state index contributed by atoms with van der Waals surface area (Å²) in [5, 5.41) is 13.1. The van der Waals surface area contributed by atoms with Crippen LogP contribution in [0.1, 0.15) is 36.5 Å². The molecular formula is C20H25N5O6S3. The maximum Gasteiger partial charge on any atom is 0.325 e. The zero-order chi connectivity index (χ0) is 24.6. The topological polar surface area (TPSA) is 148 Å². The summed E-state index contributed by atoms with van der Waals surface area (Å²) in [5.74, 6) is -1.31. The normalized spacial score (nSPS) is 14.4. The first kappa shape index (κ1) is 26.1. The fourth-order valence-corrected chi connectivity index (χ4v) is 6.18. The van der Waals surface area contributed by atoms with Gasteiger partial charge in [0.05, 0.1) is 17.3 Å². The summed E-state index contributed by atoms with van der Waals surface area (Å²) >= 11 is 2.20. The summed E-state index contributed by atoms with van der Waals surface area (Å²) in [6.07, 6.45) is 2.72. The molecule has 0 saturated carbocycles. The first-order chi connectivity index (χ1) is 16.3. The number of piperidine rings is 1. The molecule has 1 fully saturated rings. The van der Waals surface area contributed by atoms with Gasteiger partial charge in [0.1, 0.15) is 6.54 Å². The molecule has 0 aliphatic carbocycles. The fraction of sp³-hybridized carbons (Fsp3) is 0.450. The van der Waals surface area contributed by atoms with Crippen molar-refractivity contribution in [3.05, 3.63) is 29.8 Å². The highest BCUT2D eigenvalue weighted by atomic mass is 32.2. The molecule has 3 rings (SSSR count). The average molecular weight is 528 g/mol. The van der Waals surface area contributed by atoms with Crippen LogP contribution in [0, 0.1) is 0 Å². The Balaban J connectivity index is 1.50. The molecule has 2 heterocycles. The Labute approximate surface area is 205 Å². The number of ether oxygens (including phenoxy) is 1. The third-order valence-electron chi connectivity index (χ3n) is 4.76. The maximum atomic E-state index is 12.7. The second-order valence-corrected chi connectivity index (χ2v) is 11.3. The van der Waals surface area contributed by atoms with Crippen molar-refractivity contribution < 1.29 is 27.5 Å². The van der Waals surface area contributed by atoms with Crippen molar-refractivity contribution in [1.82, 2.24) is 19.8 Å². The van der Waals surface area contributed by atoms with Crippen LogP contribution in [0.15, 0.2) is 33.5 Å². The highest BCUT2D eigenvalue weighted by Crippen LogP contribution is 2.26. The largest absolute Gasteiger partial charge is 0.465 e. The van der Waals surface area contributed by atoms with E-state index in [1.54, 1.807) is 6.92 Å². The first-order valence-electron chi connectivity index (χ1n) is 10.6. The lowest BCUT2D eigenvalue weighted by Gasteiger charge is -2.25. The summed E-state index contributed by atoms with van der Waals surface area (Å²) < 4.78 is 32.1. The molecule has 1 aromatic heterocycles. The number of thioether (sulfide) groups is 1. The van der Waals surface area contributed by atoms with E-state index >= 15 is 0 Å². The zero-order valence-corrected chi connectivity index (χ0v) is 20.9. The minimum atomic E-state index is -3.57. The minimum Gasteiger partial charge on any atom is -0.465 e. The molecule has 14 heteroatoms. The second kappa shape index (κ2) is 12.2. The maximum absolute atomic E-state index is 12.7. The van der Waals surface area contributed by atoms with E-state index in [0.29, 0.717) is 17.4 Å². The van der Waals surface area contributed by atoms with Gasteiger partial charge >= 0.3 is 5.97 Å². The lowest BCUT2D eigenvalue weighted by atomic mass is 10.2. The van der Waals surface area contributed by atoms with Gasteiger partial charge in [-0.15, -0.1) is 10.2 Å². The molecule has 11 nitrogen and oxygen atoms in total. The van der Waals surface area contributed by atoms with E-state index in [1.165, 1.54) is 28.6 Å². The van der Waals surface area contributed by atoms with Crippen LogP contribution >= 0.6 is 23.1 Å². The number of nitrogens with one attached hydrogen (secondary N) is 2. The molecule has 0 atom stereocenters. The molecule has 0 unspecified atom stereocenters. The third-order valence-corrected chi connectivity index (χ3v) is 8.64. The van der Waals surface area contributed by atoms with E-state index in [9.17, 15) is 22.8 Å². The highest BCUT2D eigenvalue weighted by Gasteiger charge is 2.26. The number of esters is 1. The van der Waals surface area contributed by atoms with Crippen molar-refractivity contribution in [1.29, 1.82) is 0 Å². The minimum absolute atomic E-state index is 0.0228. The van der Waals surface area contributed by atoms with Crippen molar-refractivity contribution in [3.63, 3.8) is 0 Å². The fourth-order valence-electron chi connectivity index (χ4n) is 3.08. The summed E-state index contributed by atoms with van der Waals surface area (Å²) in [7, 11) is -3.57. The Morgan fingerprint density at radius 1 is 1.12 bits per heavy atom. The van der Waals surface area contributed by atoms with Gasteiger partial charge in [-0.25, -0.2) is 8.42 Å². The Kier molecular flexibility index (Phi) is 9.38. The summed E-state index contributed by atoms with van der Waals surface area (Å²) in [4.78, 5) is 35.7. The second-order valence-electron chi connectivity index (χ2n) is 7.19. The average Bonchev–Trinajstić information content (AvgIpc) is 3.29. The van der Waals surface area contributed by atoms with Gasteiger partial charge in [0, 0.05) is 18.7 Å². The van der Waals surface area contributed by atoms with E-state index in [-0.39, 0.29) is 40.4 Å². The SMILES string of the molecule is CCOC(=O)CNC(=O)CSc1nnc(NC(=O)c2ccc(S(=O)(=O)N3CCCCC3)cc2)s1. The van der Waals surface area contributed by atoms with Gasteiger partial charge in [-0.2, -0.15) is 4.31 Å². The number of aromatic nitrogens is 2. The van der Waals surface area contributed by atoms with Crippen LogP contribution in [0.25, 0.3) is 0 Å². The number of carbonyl (C=O) groups excluding carboxylic acids is 3. The molecule has 184 valence electrons. The molecule has 2 amide bonds. The number of rotatable bonds is 10. The third kappa shape index (κ3) is 7.22. The van der Waals surface area contributed by atoms with Crippen molar-refractivity contribution in [3.8, 4) is 0 Å². The molecule has 0 radical (unpaired) electrons. The van der Waals surface area contributed by atoms with E-state index in [1.807, 2.05) is 0 Å². The molecule has 2 N–H and O–H groups in total. The highest BCUT2D eigenvalue weighted by molar-refractivity contribution is 8.01. The van der Waals surface area contributed by atoms with Crippen LogP contribution in [0.4, 0.5) is 5.13 Å². The molecular weight excluding hydrogens is 502 g/mol. The molecule has 1 aromatic carbocycles. The first-order valence-corrected chi connectivity index (χ1v) is 13.8. The molecule has 0 bridgehead atoms. The predicted octanol–water partition coefficient (Wildman–Crippen LogP) is 1.74. The van der Waals surface area contributed by atoms with Gasteiger partial charge in [-0.1, -0.05) is 29.5 Å². The molecule has 1 saturated heterocycles. The van der Waals surface area contributed by atoms with Gasteiger partial charge in [0.25, 0.3) is 5.91 Å². The number of benzene rings is 1. The lowest BCUT2D eigenvalue weighted by Crippen LogP contribution is -2.35. The Hall–Kier alpha value is -2.55. The lowest BCUT2D eigenvalue weighted by molar-refractivity contribution is -0.143. The van der Waals surface area contributed by atoms with E-state index < -0.39 is 21.9 Å². The monoisotopic (exact) mass is 527 g/mol. The molecule has 34 heavy (non-hydrogen) atoms. The standard InChI is InChI=1S/C20H25N5O6S3/c1-2-31-17(27)12-21-16(26)13-32-20-24-23-19(33-20)22-18(28)14-6-8-15(9-7-14)34(29,30)25-10-4-3-5-11-25/h6-9H,2-5,10-13H2,1H3,(H,21,26)(H,22,23,28). The Bertz CT molecular complexity index is 1110. The van der Waals surface area contributed by atoms with Gasteiger partial charge in [-0.3, -0.25) is 19.7 Å². The molecule has 1 aliphatic rings. The van der Waals surface area contributed by atoms with Gasteiger partial charge in [-0.05, 0) is 44.0 Å². The molecule has 0 spiro atoms. The number of carbonyl (C=O) groups is 3. The van der Waals surface area contributed by atoms with Crippen molar-refractivity contribution >= 4 is 56.0 Å². The zero-order valence-electron chi connectivity index (χ0n) is 18.5. The van der Waals surface area contributed by atoms with Gasteiger partial charge < -0.3 is 10.1 Å².